The molecule has 1 N–H and O–H groups in total. The zero-order chi connectivity index (χ0) is 19.3. The number of carbonyl (C=O) groups is 1. The van der Waals surface area contributed by atoms with Gasteiger partial charge in [-0.1, -0.05) is 47.6 Å². The maximum Gasteiger partial charge on any atom is 0.261 e. The van der Waals surface area contributed by atoms with E-state index >= 15 is 0 Å². The molecule has 1 aliphatic rings. The number of rotatable bonds is 6. The number of ether oxygens (including phenoxy) is 1. The largest absolute Gasteiger partial charge is 0.481 e. The molecular formula is C22H23N3O3. The van der Waals surface area contributed by atoms with Gasteiger partial charge in [0, 0.05) is 5.56 Å². The average molecular weight is 377 g/mol. The third-order valence-electron chi connectivity index (χ3n) is 4.94. The molecule has 0 unspecified atom stereocenters. The Morgan fingerprint density at radius 1 is 1.14 bits per heavy atom. The predicted octanol–water partition coefficient (Wildman–Crippen LogP) is 3.70. The molecule has 1 amide bonds. The topological polar surface area (TPSA) is 77.2 Å². The van der Waals surface area contributed by atoms with Crippen LogP contribution in [0.25, 0.3) is 11.4 Å². The van der Waals surface area contributed by atoms with Crippen molar-refractivity contribution in [3.63, 3.8) is 0 Å². The number of aryl methyl sites for hydroxylation is 1. The second kappa shape index (κ2) is 8.25. The Balaban J connectivity index is 1.35. The molecule has 1 heterocycles. The summed E-state index contributed by atoms with van der Waals surface area (Å²) in [4.78, 5) is 16.8. The molecule has 144 valence electrons. The van der Waals surface area contributed by atoms with Gasteiger partial charge in [0.1, 0.15) is 5.75 Å². The van der Waals surface area contributed by atoms with Gasteiger partial charge in [-0.2, -0.15) is 4.98 Å². The highest BCUT2D eigenvalue weighted by molar-refractivity contribution is 5.80. The SMILES string of the molecule is C[C@H](Oc1cccc2c1CCCC2)C(=O)NCc1nc(-c2ccccc2)no1. The van der Waals surface area contributed by atoms with Crippen LogP contribution in [0, 0.1) is 0 Å². The molecule has 0 bridgehead atoms. The predicted molar refractivity (Wildman–Crippen MR) is 105 cm³/mol. The highest BCUT2D eigenvalue weighted by Crippen LogP contribution is 2.30. The fraction of sp³-hybridized carbons (Fsp3) is 0.318. The molecule has 0 fully saturated rings. The van der Waals surface area contributed by atoms with Crippen molar-refractivity contribution in [2.24, 2.45) is 0 Å². The molecule has 1 aromatic heterocycles. The van der Waals surface area contributed by atoms with Gasteiger partial charge in [-0.25, -0.2) is 0 Å². The third-order valence-corrected chi connectivity index (χ3v) is 4.94. The van der Waals surface area contributed by atoms with E-state index in [1.165, 1.54) is 17.5 Å². The molecule has 0 saturated heterocycles. The minimum Gasteiger partial charge on any atom is -0.481 e. The summed E-state index contributed by atoms with van der Waals surface area (Å²) < 4.78 is 11.2. The van der Waals surface area contributed by atoms with Crippen molar-refractivity contribution in [3.05, 3.63) is 65.5 Å². The first-order chi connectivity index (χ1) is 13.7. The highest BCUT2D eigenvalue weighted by atomic mass is 16.5. The van der Waals surface area contributed by atoms with Gasteiger partial charge >= 0.3 is 0 Å². The van der Waals surface area contributed by atoms with Gasteiger partial charge < -0.3 is 14.6 Å². The lowest BCUT2D eigenvalue weighted by Gasteiger charge is -2.21. The number of nitrogens with zero attached hydrogens (tertiary/aromatic N) is 2. The maximum atomic E-state index is 12.4. The molecule has 0 aliphatic heterocycles. The fourth-order valence-corrected chi connectivity index (χ4v) is 3.44. The summed E-state index contributed by atoms with van der Waals surface area (Å²) in [6, 6.07) is 15.6. The molecule has 1 aliphatic carbocycles. The lowest BCUT2D eigenvalue weighted by molar-refractivity contribution is -0.127. The van der Waals surface area contributed by atoms with E-state index in [2.05, 4.69) is 21.5 Å². The Morgan fingerprint density at radius 3 is 2.82 bits per heavy atom. The standard InChI is InChI=1S/C22H23N3O3/c1-15(27-19-13-7-11-16-8-5-6-12-18(16)19)22(26)23-14-20-24-21(25-28-20)17-9-3-2-4-10-17/h2-4,7,9-11,13,15H,5-6,8,12,14H2,1H3,(H,23,26)/t15-/m0/s1. The van der Waals surface area contributed by atoms with E-state index in [1.54, 1.807) is 6.92 Å². The van der Waals surface area contributed by atoms with Crippen LogP contribution in [-0.4, -0.2) is 22.2 Å². The Hall–Kier alpha value is -3.15. The van der Waals surface area contributed by atoms with Gasteiger partial charge in [0.15, 0.2) is 6.10 Å². The fourth-order valence-electron chi connectivity index (χ4n) is 3.44. The van der Waals surface area contributed by atoms with Crippen LogP contribution in [0.4, 0.5) is 0 Å². The van der Waals surface area contributed by atoms with Crippen molar-refractivity contribution in [2.45, 2.75) is 45.3 Å². The second-order valence-electron chi connectivity index (χ2n) is 6.96. The van der Waals surface area contributed by atoms with Crippen LogP contribution in [0.15, 0.2) is 53.1 Å². The zero-order valence-electron chi connectivity index (χ0n) is 15.9. The summed E-state index contributed by atoms with van der Waals surface area (Å²) in [7, 11) is 0. The molecule has 4 rings (SSSR count). The average Bonchev–Trinajstić information content (AvgIpc) is 3.22. The van der Waals surface area contributed by atoms with Crippen molar-refractivity contribution in [3.8, 4) is 17.1 Å². The molecule has 0 spiro atoms. The Labute approximate surface area is 163 Å². The molecule has 6 nitrogen and oxygen atoms in total. The summed E-state index contributed by atoms with van der Waals surface area (Å²) in [5, 5.41) is 6.76. The van der Waals surface area contributed by atoms with E-state index in [1.807, 2.05) is 42.5 Å². The van der Waals surface area contributed by atoms with E-state index in [4.69, 9.17) is 9.26 Å². The van der Waals surface area contributed by atoms with Gasteiger partial charge in [0.2, 0.25) is 11.7 Å². The van der Waals surface area contributed by atoms with Crippen LogP contribution < -0.4 is 10.1 Å². The first-order valence-electron chi connectivity index (χ1n) is 9.64. The van der Waals surface area contributed by atoms with Crippen LogP contribution in [-0.2, 0) is 24.2 Å². The summed E-state index contributed by atoms with van der Waals surface area (Å²) in [5.74, 6) is 1.46. The van der Waals surface area contributed by atoms with Crippen LogP contribution in [0.3, 0.4) is 0 Å². The molecule has 2 aromatic carbocycles. The van der Waals surface area contributed by atoms with E-state index in [0.29, 0.717) is 11.7 Å². The Morgan fingerprint density at radius 2 is 1.96 bits per heavy atom. The lowest BCUT2D eigenvalue weighted by atomic mass is 9.91. The molecule has 6 heteroatoms. The summed E-state index contributed by atoms with van der Waals surface area (Å²) >= 11 is 0. The number of hydrogen-bond donors (Lipinski definition) is 1. The number of amides is 1. The van der Waals surface area contributed by atoms with Gasteiger partial charge in [-0.05, 0) is 49.8 Å². The van der Waals surface area contributed by atoms with Crippen molar-refractivity contribution in [1.29, 1.82) is 0 Å². The van der Waals surface area contributed by atoms with Crippen molar-refractivity contribution in [2.75, 3.05) is 0 Å². The minimum absolute atomic E-state index is 0.166. The van der Waals surface area contributed by atoms with Crippen LogP contribution in [0.2, 0.25) is 0 Å². The smallest absolute Gasteiger partial charge is 0.261 e. The highest BCUT2D eigenvalue weighted by Gasteiger charge is 2.20. The first kappa shape index (κ1) is 18.2. The number of carbonyl (C=O) groups excluding carboxylic acids is 1. The Bertz CT molecular complexity index is 953. The van der Waals surface area contributed by atoms with Crippen LogP contribution >= 0.6 is 0 Å². The van der Waals surface area contributed by atoms with Gasteiger partial charge in [0.05, 0.1) is 6.54 Å². The monoisotopic (exact) mass is 377 g/mol. The normalized spacial score (nSPS) is 14.2. The lowest BCUT2D eigenvalue weighted by Crippen LogP contribution is -2.36. The molecule has 1 atom stereocenters. The molecule has 28 heavy (non-hydrogen) atoms. The zero-order valence-corrected chi connectivity index (χ0v) is 15.9. The van der Waals surface area contributed by atoms with Crippen molar-refractivity contribution >= 4 is 5.91 Å². The van der Waals surface area contributed by atoms with E-state index in [-0.39, 0.29) is 12.5 Å². The summed E-state index contributed by atoms with van der Waals surface area (Å²) in [6.45, 7) is 1.92. The summed E-state index contributed by atoms with van der Waals surface area (Å²) in [6.07, 6.45) is 3.85. The van der Waals surface area contributed by atoms with Crippen molar-refractivity contribution < 1.29 is 14.1 Å². The quantitative estimate of drug-likeness (QED) is 0.709. The molecule has 3 aromatic rings. The third kappa shape index (κ3) is 4.06. The minimum atomic E-state index is -0.607. The van der Waals surface area contributed by atoms with Gasteiger partial charge in [0.25, 0.3) is 5.91 Å². The number of benzene rings is 2. The van der Waals surface area contributed by atoms with E-state index in [0.717, 1.165) is 30.6 Å². The van der Waals surface area contributed by atoms with Crippen LogP contribution in [0.5, 0.6) is 5.75 Å². The Kier molecular flexibility index (Phi) is 5.37. The van der Waals surface area contributed by atoms with Gasteiger partial charge in [-0.3, -0.25) is 4.79 Å². The molecule has 0 saturated carbocycles. The van der Waals surface area contributed by atoms with Gasteiger partial charge in [-0.15, -0.1) is 0 Å². The number of fused-ring (bicyclic) bond motifs is 1. The molecular weight excluding hydrogens is 354 g/mol. The summed E-state index contributed by atoms with van der Waals surface area (Å²) in [5.41, 5.74) is 3.43. The number of hydrogen-bond acceptors (Lipinski definition) is 5. The number of aromatic nitrogens is 2. The van der Waals surface area contributed by atoms with E-state index < -0.39 is 6.10 Å². The first-order valence-corrected chi connectivity index (χ1v) is 9.64. The number of nitrogens with one attached hydrogen (secondary N) is 1. The van der Waals surface area contributed by atoms with Crippen molar-refractivity contribution in [1.82, 2.24) is 15.5 Å². The van der Waals surface area contributed by atoms with Crippen LogP contribution in [0.1, 0.15) is 36.8 Å². The second-order valence-corrected chi connectivity index (χ2v) is 6.96. The van der Waals surface area contributed by atoms with E-state index in [9.17, 15) is 4.79 Å². The molecule has 0 radical (unpaired) electrons. The maximum absolute atomic E-state index is 12.4.